The lowest BCUT2D eigenvalue weighted by molar-refractivity contribution is -0.120. The molecule has 1 aliphatic rings. The maximum absolute atomic E-state index is 13.1. The third-order valence-electron chi connectivity index (χ3n) is 6.09. The number of anilines is 3. The van der Waals surface area contributed by atoms with Crippen LogP contribution in [0.2, 0.25) is 0 Å². The number of aryl methyl sites for hydroxylation is 1. The maximum Gasteiger partial charge on any atom is 0.283 e. The van der Waals surface area contributed by atoms with Crippen LogP contribution in [0.5, 0.6) is 0 Å². The highest BCUT2D eigenvalue weighted by atomic mass is 35.5. The molecule has 0 aliphatic carbocycles. The first-order chi connectivity index (χ1) is 17.5. The number of para-hydroxylation sites is 1. The summed E-state index contributed by atoms with van der Waals surface area (Å²) in [6, 6.07) is 27.4. The Morgan fingerprint density at radius 3 is 2.31 bits per heavy atom. The molecule has 0 spiro atoms. The van der Waals surface area contributed by atoms with Gasteiger partial charge in [-0.05, 0) is 53.8 Å². The molecule has 1 heterocycles. The van der Waals surface area contributed by atoms with E-state index in [2.05, 4.69) is 10.6 Å². The molecule has 0 aromatic heterocycles. The Morgan fingerprint density at radius 1 is 0.833 bits per heavy atom. The van der Waals surface area contributed by atoms with Gasteiger partial charge in [0.05, 0.1) is 5.69 Å². The maximum atomic E-state index is 13.1. The van der Waals surface area contributed by atoms with E-state index in [-0.39, 0.29) is 16.6 Å². The molecule has 0 radical (unpaired) electrons. The van der Waals surface area contributed by atoms with Crippen molar-refractivity contribution >= 4 is 57.2 Å². The third kappa shape index (κ3) is 4.23. The van der Waals surface area contributed by atoms with Crippen molar-refractivity contribution in [1.82, 2.24) is 0 Å². The molecule has 2 N–H and O–H groups in total. The Labute approximate surface area is 213 Å². The van der Waals surface area contributed by atoms with Crippen molar-refractivity contribution in [3.63, 3.8) is 0 Å². The average Bonchev–Trinajstić information content (AvgIpc) is 3.12. The van der Waals surface area contributed by atoms with Gasteiger partial charge in [0, 0.05) is 22.3 Å². The highest BCUT2D eigenvalue weighted by Crippen LogP contribution is 2.32. The normalized spacial score (nSPS) is 13.4. The summed E-state index contributed by atoms with van der Waals surface area (Å²) >= 11 is 6.27. The van der Waals surface area contributed by atoms with Crippen molar-refractivity contribution in [1.29, 1.82) is 0 Å². The number of hydrogen-bond acceptors (Lipinski definition) is 4. The Hall–Kier alpha value is -4.42. The number of fused-ring (bicyclic) bond motifs is 1. The minimum atomic E-state index is -0.573. The number of imide groups is 1. The van der Waals surface area contributed by atoms with Crippen LogP contribution >= 0.6 is 11.6 Å². The fourth-order valence-electron chi connectivity index (χ4n) is 4.24. The molecular weight excluding hydrogens is 474 g/mol. The van der Waals surface area contributed by atoms with Crippen LogP contribution in [0, 0.1) is 0 Å². The summed E-state index contributed by atoms with van der Waals surface area (Å²) in [5.74, 6) is -1.36. The van der Waals surface area contributed by atoms with E-state index >= 15 is 0 Å². The highest BCUT2D eigenvalue weighted by Gasteiger charge is 2.39. The first kappa shape index (κ1) is 23.3. The van der Waals surface area contributed by atoms with E-state index in [1.54, 1.807) is 36.4 Å². The van der Waals surface area contributed by atoms with Crippen LogP contribution in [0.25, 0.3) is 10.8 Å². The van der Waals surface area contributed by atoms with Crippen LogP contribution < -0.4 is 15.5 Å². The lowest BCUT2D eigenvalue weighted by atomic mass is 10.1. The Kier molecular flexibility index (Phi) is 6.27. The van der Waals surface area contributed by atoms with Crippen LogP contribution in [0.3, 0.4) is 0 Å². The summed E-state index contributed by atoms with van der Waals surface area (Å²) in [7, 11) is 0. The van der Waals surface area contributed by atoms with Crippen molar-refractivity contribution in [3.8, 4) is 0 Å². The van der Waals surface area contributed by atoms with Gasteiger partial charge in [0.1, 0.15) is 10.7 Å². The molecule has 7 heteroatoms. The molecule has 6 nitrogen and oxygen atoms in total. The standard InChI is InChI=1S/C29H22ClN3O3/c1-2-18-8-4-6-13-24(18)33-28(35)25(30)26(29(33)36)31-21-16-14-20(15-17-21)27(34)32-23-12-7-10-19-9-3-5-11-22(19)23/h3-17,31H,2H2,1H3,(H,32,34). The zero-order chi connectivity index (χ0) is 25.2. The van der Waals surface area contributed by atoms with Gasteiger partial charge in [-0.3, -0.25) is 14.4 Å². The van der Waals surface area contributed by atoms with Crippen LogP contribution in [0.1, 0.15) is 22.8 Å². The lowest BCUT2D eigenvalue weighted by Crippen LogP contribution is -2.33. The molecule has 0 bridgehead atoms. The Balaban J connectivity index is 1.33. The number of benzene rings is 4. The second-order valence-electron chi connectivity index (χ2n) is 8.30. The third-order valence-corrected chi connectivity index (χ3v) is 6.45. The van der Waals surface area contributed by atoms with Gasteiger partial charge in [0.2, 0.25) is 0 Å². The number of carbonyl (C=O) groups excluding carboxylic acids is 3. The minimum Gasteiger partial charge on any atom is -0.350 e. The topological polar surface area (TPSA) is 78.5 Å². The summed E-state index contributed by atoms with van der Waals surface area (Å²) < 4.78 is 0. The molecule has 178 valence electrons. The van der Waals surface area contributed by atoms with Crippen molar-refractivity contribution in [2.24, 2.45) is 0 Å². The number of nitrogens with zero attached hydrogens (tertiary/aromatic N) is 1. The van der Waals surface area contributed by atoms with E-state index in [1.165, 1.54) is 0 Å². The zero-order valence-corrected chi connectivity index (χ0v) is 20.2. The van der Waals surface area contributed by atoms with E-state index in [0.717, 1.165) is 26.9 Å². The van der Waals surface area contributed by atoms with Gasteiger partial charge in [0.25, 0.3) is 17.7 Å². The average molecular weight is 496 g/mol. The van der Waals surface area contributed by atoms with Crippen LogP contribution in [-0.4, -0.2) is 17.7 Å². The molecular formula is C29H22ClN3O3. The first-order valence-electron chi connectivity index (χ1n) is 11.5. The number of hydrogen-bond donors (Lipinski definition) is 2. The zero-order valence-electron chi connectivity index (χ0n) is 19.4. The quantitative estimate of drug-likeness (QED) is 0.317. The van der Waals surface area contributed by atoms with E-state index in [4.69, 9.17) is 11.6 Å². The van der Waals surface area contributed by atoms with E-state index < -0.39 is 11.8 Å². The van der Waals surface area contributed by atoms with Gasteiger partial charge in [-0.2, -0.15) is 0 Å². The van der Waals surface area contributed by atoms with Crippen LogP contribution in [0.4, 0.5) is 17.1 Å². The number of rotatable bonds is 6. The van der Waals surface area contributed by atoms with Gasteiger partial charge in [-0.1, -0.05) is 73.1 Å². The predicted octanol–water partition coefficient (Wildman–Crippen LogP) is 6.09. The molecule has 36 heavy (non-hydrogen) atoms. The largest absolute Gasteiger partial charge is 0.350 e. The molecule has 3 amide bonds. The molecule has 5 rings (SSSR count). The molecule has 1 aliphatic heterocycles. The fourth-order valence-corrected chi connectivity index (χ4v) is 4.45. The SMILES string of the molecule is CCc1ccccc1N1C(=O)C(Cl)=C(Nc2ccc(C(=O)Nc3cccc4ccccc34)cc2)C1=O. The van der Waals surface area contributed by atoms with Crippen LogP contribution in [0.15, 0.2) is 102 Å². The van der Waals surface area contributed by atoms with Crippen molar-refractivity contribution in [2.45, 2.75) is 13.3 Å². The van der Waals surface area contributed by atoms with Gasteiger partial charge < -0.3 is 10.6 Å². The summed E-state index contributed by atoms with van der Waals surface area (Å²) in [4.78, 5) is 39.9. The minimum absolute atomic E-state index is 0.000490. The molecule has 0 fully saturated rings. The van der Waals surface area contributed by atoms with Gasteiger partial charge in [-0.25, -0.2) is 4.90 Å². The van der Waals surface area contributed by atoms with E-state index in [0.29, 0.717) is 23.4 Å². The predicted molar refractivity (Wildman–Crippen MR) is 143 cm³/mol. The van der Waals surface area contributed by atoms with Gasteiger partial charge in [-0.15, -0.1) is 0 Å². The Morgan fingerprint density at radius 2 is 1.53 bits per heavy atom. The van der Waals surface area contributed by atoms with Crippen molar-refractivity contribution in [3.05, 3.63) is 113 Å². The fraction of sp³-hybridized carbons (Fsp3) is 0.0690. The summed E-state index contributed by atoms with van der Waals surface area (Å²) in [5.41, 5.74) is 3.08. The van der Waals surface area contributed by atoms with E-state index in [9.17, 15) is 14.4 Å². The molecule has 0 unspecified atom stereocenters. The summed E-state index contributed by atoms with van der Waals surface area (Å²) in [5, 5.41) is 7.71. The van der Waals surface area contributed by atoms with Gasteiger partial charge >= 0.3 is 0 Å². The second-order valence-corrected chi connectivity index (χ2v) is 8.68. The summed E-state index contributed by atoms with van der Waals surface area (Å²) in [6.45, 7) is 1.95. The van der Waals surface area contributed by atoms with Crippen LogP contribution in [-0.2, 0) is 16.0 Å². The monoisotopic (exact) mass is 495 g/mol. The highest BCUT2D eigenvalue weighted by molar-refractivity contribution is 6.53. The molecule has 0 atom stereocenters. The first-order valence-corrected chi connectivity index (χ1v) is 11.9. The van der Waals surface area contributed by atoms with Crippen molar-refractivity contribution in [2.75, 3.05) is 15.5 Å². The molecule has 0 saturated heterocycles. The number of halogens is 1. The smallest absolute Gasteiger partial charge is 0.283 e. The number of nitrogens with one attached hydrogen (secondary N) is 2. The second kappa shape index (κ2) is 9.68. The summed E-state index contributed by atoms with van der Waals surface area (Å²) in [6.07, 6.45) is 0.663. The number of amides is 3. The lowest BCUT2D eigenvalue weighted by Gasteiger charge is -2.18. The molecule has 4 aromatic carbocycles. The molecule has 0 saturated carbocycles. The van der Waals surface area contributed by atoms with E-state index in [1.807, 2.05) is 61.5 Å². The van der Waals surface area contributed by atoms with Crippen molar-refractivity contribution < 1.29 is 14.4 Å². The Bertz CT molecular complexity index is 1540. The number of carbonyl (C=O) groups is 3. The molecule has 4 aromatic rings. The van der Waals surface area contributed by atoms with Gasteiger partial charge in [0.15, 0.2) is 0 Å².